The van der Waals surface area contributed by atoms with Crippen LogP contribution >= 0.6 is 0 Å². The second-order valence-corrected chi connectivity index (χ2v) is 6.50. The van der Waals surface area contributed by atoms with E-state index in [4.69, 9.17) is 9.47 Å². The molecule has 0 spiro atoms. The average molecular weight is 339 g/mol. The number of hydrogen-bond donors (Lipinski definition) is 1. The van der Waals surface area contributed by atoms with Crippen LogP contribution in [-0.4, -0.2) is 18.3 Å². The van der Waals surface area contributed by atoms with Crippen molar-refractivity contribution in [3.8, 4) is 0 Å². The van der Waals surface area contributed by atoms with Crippen molar-refractivity contribution >= 4 is 11.7 Å². The summed E-state index contributed by atoms with van der Waals surface area (Å²) >= 11 is 0. The SMILES string of the molecule is CC[C@]1(c2ccccc2)O[C@@H](C[C@@H](C)OC(C)=O)Nc2ccccc21. The zero-order valence-corrected chi connectivity index (χ0v) is 15.0. The fourth-order valence-corrected chi connectivity index (χ4v) is 3.62. The van der Waals surface area contributed by atoms with E-state index in [1.165, 1.54) is 6.92 Å². The van der Waals surface area contributed by atoms with Crippen LogP contribution in [0.2, 0.25) is 0 Å². The number of nitrogens with one attached hydrogen (secondary N) is 1. The number of anilines is 1. The number of fused-ring (bicyclic) bond motifs is 1. The second kappa shape index (κ2) is 7.28. The Balaban J connectivity index is 1.97. The predicted molar refractivity (Wildman–Crippen MR) is 98.3 cm³/mol. The van der Waals surface area contributed by atoms with E-state index < -0.39 is 5.60 Å². The van der Waals surface area contributed by atoms with Crippen molar-refractivity contribution < 1.29 is 14.3 Å². The first-order valence-corrected chi connectivity index (χ1v) is 8.81. The molecule has 0 saturated carbocycles. The molecule has 2 aromatic carbocycles. The molecule has 1 N–H and O–H groups in total. The monoisotopic (exact) mass is 339 g/mol. The van der Waals surface area contributed by atoms with E-state index in [-0.39, 0.29) is 18.3 Å². The molecule has 3 atom stereocenters. The molecule has 2 aromatic rings. The van der Waals surface area contributed by atoms with Crippen LogP contribution in [0.4, 0.5) is 5.69 Å². The molecule has 132 valence electrons. The van der Waals surface area contributed by atoms with E-state index >= 15 is 0 Å². The molecule has 0 unspecified atom stereocenters. The van der Waals surface area contributed by atoms with Gasteiger partial charge in [-0.25, -0.2) is 0 Å². The number of ether oxygens (including phenoxy) is 2. The van der Waals surface area contributed by atoms with E-state index in [9.17, 15) is 4.79 Å². The average Bonchev–Trinajstić information content (AvgIpc) is 2.61. The van der Waals surface area contributed by atoms with Crippen LogP contribution in [0.15, 0.2) is 54.6 Å². The van der Waals surface area contributed by atoms with Crippen molar-refractivity contribution in [1.29, 1.82) is 0 Å². The number of rotatable bonds is 5. The number of carbonyl (C=O) groups excluding carboxylic acids is 1. The zero-order chi connectivity index (χ0) is 17.9. The predicted octanol–water partition coefficient (Wildman–Crippen LogP) is 4.45. The minimum atomic E-state index is -0.510. The van der Waals surface area contributed by atoms with Crippen molar-refractivity contribution in [1.82, 2.24) is 0 Å². The van der Waals surface area contributed by atoms with Crippen LogP contribution in [0.5, 0.6) is 0 Å². The van der Waals surface area contributed by atoms with Gasteiger partial charge >= 0.3 is 5.97 Å². The minimum absolute atomic E-state index is 0.217. The number of hydrogen-bond acceptors (Lipinski definition) is 4. The lowest BCUT2D eigenvalue weighted by molar-refractivity contribution is -0.148. The van der Waals surface area contributed by atoms with Crippen molar-refractivity contribution in [3.05, 3.63) is 65.7 Å². The highest BCUT2D eigenvalue weighted by Gasteiger charge is 2.41. The molecule has 25 heavy (non-hydrogen) atoms. The van der Waals surface area contributed by atoms with E-state index in [0.717, 1.165) is 23.2 Å². The Hall–Kier alpha value is -2.33. The molecule has 0 bridgehead atoms. The van der Waals surface area contributed by atoms with Gasteiger partial charge in [0.1, 0.15) is 17.9 Å². The second-order valence-electron chi connectivity index (χ2n) is 6.50. The summed E-state index contributed by atoms with van der Waals surface area (Å²) in [7, 11) is 0. The molecule has 1 aliphatic rings. The Morgan fingerprint density at radius 3 is 2.56 bits per heavy atom. The first kappa shape index (κ1) is 17.5. The van der Waals surface area contributed by atoms with E-state index in [1.807, 2.05) is 37.3 Å². The number of para-hydroxylation sites is 1. The largest absolute Gasteiger partial charge is 0.463 e. The van der Waals surface area contributed by atoms with Crippen LogP contribution in [0.3, 0.4) is 0 Å². The Bertz CT molecular complexity index is 731. The van der Waals surface area contributed by atoms with Crippen LogP contribution in [0.1, 0.15) is 44.7 Å². The first-order valence-electron chi connectivity index (χ1n) is 8.81. The minimum Gasteiger partial charge on any atom is -0.463 e. The maximum atomic E-state index is 11.2. The van der Waals surface area contributed by atoms with Gasteiger partial charge in [0.15, 0.2) is 0 Å². The standard InChI is InChI=1S/C21H25NO3/c1-4-21(17-10-6-5-7-11-17)18-12-8-9-13-19(18)22-20(25-21)14-15(2)24-16(3)23/h5-13,15,20,22H,4,14H2,1-3H3/t15-,20+,21-/m1/s1. The van der Waals surface area contributed by atoms with Crippen molar-refractivity contribution in [2.24, 2.45) is 0 Å². The third-order valence-corrected chi connectivity index (χ3v) is 4.67. The quantitative estimate of drug-likeness (QED) is 0.818. The summed E-state index contributed by atoms with van der Waals surface area (Å²) in [6.45, 7) is 5.46. The molecule has 0 saturated heterocycles. The summed E-state index contributed by atoms with van der Waals surface area (Å²) in [5, 5.41) is 3.45. The normalized spacial score (nSPS) is 23.2. The lowest BCUT2D eigenvalue weighted by atomic mass is 9.81. The van der Waals surface area contributed by atoms with E-state index in [0.29, 0.717) is 6.42 Å². The third kappa shape index (κ3) is 3.54. The summed E-state index contributed by atoms with van der Waals surface area (Å²) < 4.78 is 11.9. The van der Waals surface area contributed by atoms with Crippen molar-refractivity contribution in [2.45, 2.75) is 51.5 Å². The number of benzene rings is 2. The van der Waals surface area contributed by atoms with Gasteiger partial charge in [-0.15, -0.1) is 0 Å². The molecular weight excluding hydrogens is 314 g/mol. The Labute approximate surface area is 149 Å². The summed E-state index contributed by atoms with van der Waals surface area (Å²) in [6.07, 6.45) is 0.950. The summed E-state index contributed by atoms with van der Waals surface area (Å²) in [6, 6.07) is 18.6. The smallest absolute Gasteiger partial charge is 0.302 e. The van der Waals surface area contributed by atoms with Gasteiger partial charge in [0.05, 0.1) is 0 Å². The lowest BCUT2D eigenvalue weighted by Gasteiger charge is -2.44. The van der Waals surface area contributed by atoms with Crippen LogP contribution in [0, 0.1) is 0 Å². The third-order valence-electron chi connectivity index (χ3n) is 4.67. The van der Waals surface area contributed by atoms with Gasteiger partial charge < -0.3 is 14.8 Å². The zero-order valence-electron chi connectivity index (χ0n) is 15.0. The summed E-state index contributed by atoms with van der Waals surface area (Å²) in [4.78, 5) is 11.2. The summed E-state index contributed by atoms with van der Waals surface area (Å²) in [5.41, 5.74) is 2.83. The van der Waals surface area contributed by atoms with Gasteiger partial charge in [0.25, 0.3) is 0 Å². The van der Waals surface area contributed by atoms with Crippen LogP contribution in [0.25, 0.3) is 0 Å². The van der Waals surface area contributed by atoms with Crippen molar-refractivity contribution in [2.75, 3.05) is 5.32 Å². The Morgan fingerprint density at radius 1 is 1.20 bits per heavy atom. The molecule has 0 radical (unpaired) electrons. The van der Waals surface area contributed by atoms with Gasteiger partial charge in [0.2, 0.25) is 0 Å². The highest BCUT2D eigenvalue weighted by molar-refractivity contribution is 5.66. The Morgan fingerprint density at radius 2 is 1.88 bits per heavy atom. The van der Waals surface area contributed by atoms with Crippen LogP contribution < -0.4 is 5.32 Å². The van der Waals surface area contributed by atoms with Crippen molar-refractivity contribution in [3.63, 3.8) is 0 Å². The maximum Gasteiger partial charge on any atom is 0.302 e. The number of carbonyl (C=O) groups is 1. The molecule has 4 nitrogen and oxygen atoms in total. The highest BCUT2D eigenvalue weighted by Crippen LogP contribution is 2.45. The molecular formula is C21H25NO3. The molecule has 3 rings (SSSR count). The molecule has 4 heteroatoms. The molecule has 1 aliphatic heterocycles. The fourth-order valence-electron chi connectivity index (χ4n) is 3.62. The van der Waals surface area contributed by atoms with Gasteiger partial charge in [-0.1, -0.05) is 55.5 Å². The molecule has 0 fully saturated rings. The molecule has 0 amide bonds. The van der Waals surface area contributed by atoms with Gasteiger partial charge in [-0.05, 0) is 25.0 Å². The Kier molecular flexibility index (Phi) is 5.09. The highest BCUT2D eigenvalue weighted by atomic mass is 16.6. The topological polar surface area (TPSA) is 47.6 Å². The molecule has 0 aromatic heterocycles. The number of esters is 1. The fraction of sp³-hybridized carbons (Fsp3) is 0.381. The molecule has 1 heterocycles. The van der Waals surface area contributed by atoms with E-state index in [1.54, 1.807) is 0 Å². The van der Waals surface area contributed by atoms with E-state index in [2.05, 4.69) is 36.5 Å². The van der Waals surface area contributed by atoms with Gasteiger partial charge in [-0.2, -0.15) is 0 Å². The summed E-state index contributed by atoms with van der Waals surface area (Å²) in [5.74, 6) is -0.270. The first-order chi connectivity index (χ1) is 12.0. The van der Waals surface area contributed by atoms with Gasteiger partial charge in [0, 0.05) is 24.6 Å². The van der Waals surface area contributed by atoms with Crippen LogP contribution in [-0.2, 0) is 19.9 Å². The lowest BCUT2D eigenvalue weighted by Crippen LogP contribution is -2.44. The van der Waals surface area contributed by atoms with Gasteiger partial charge in [-0.3, -0.25) is 4.79 Å². The maximum absolute atomic E-state index is 11.2. The molecule has 0 aliphatic carbocycles.